The number of amides is 2. The van der Waals surface area contributed by atoms with Crippen LogP contribution in [0.4, 0.5) is 21.0 Å². The van der Waals surface area contributed by atoms with Gasteiger partial charge in [-0.1, -0.05) is 30.3 Å². The van der Waals surface area contributed by atoms with Crippen molar-refractivity contribution in [3.8, 4) is 0 Å². The summed E-state index contributed by atoms with van der Waals surface area (Å²) in [7, 11) is 0. The van der Waals surface area contributed by atoms with Crippen molar-refractivity contribution in [3.63, 3.8) is 0 Å². The average molecular weight is 284 g/mol. The van der Waals surface area contributed by atoms with Crippen molar-refractivity contribution in [3.05, 3.63) is 59.7 Å². The summed E-state index contributed by atoms with van der Waals surface area (Å²) in [5, 5.41) is 25.4. The van der Waals surface area contributed by atoms with Crippen LogP contribution in [0.3, 0.4) is 0 Å². The Morgan fingerprint density at radius 3 is 2.10 bits per heavy atom. The lowest BCUT2D eigenvalue weighted by Gasteiger charge is -2.13. The second-order valence-corrected chi connectivity index (χ2v) is 4.36. The van der Waals surface area contributed by atoms with Gasteiger partial charge < -0.3 is 30.4 Å². The van der Waals surface area contributed by atoms with E-state index < -0.39 is 12.2 Å². The van der Waals surface area contributed by atoms with E-state index in [1.807, 2.05) is 6.07 Å². The van der Waals surface area contributed by atoms with Crippen LogP contribution < -0.4 is 20.8 Å². The summed E-state index contributed by atoms with van der Waals surface area (Å²) in [5.41, 5.74) is 2.59. The highest BCUT2D eigenvalue weighted by Crippen LogP contribution is 2.20. The molecule has 2 aromatic rings. The monoisotopic (exact) mass is 284 g/mol. The molecule has 0 aliphatic carbocycles. The smallest absolute Gasteiger partial charge is 0.138 e. The Hall–Kier alpha value is -3.02. The molecule has 6 heteroatoms. The van der Waals surface area contributed by atoms with Gasteiger partial charge in [-0.3, -0.25) is 0 Å². The van der Waals surface area contributed by atoms with Crippen molar-refractivity contribution in [2.75, 3.05) is 10.6 Å². The molecule has 0 atom stereocenters. The predicted octanol–water partition coefficient (Wildman–Crippen LogP) is 0.788. The second kappa shape index (κ2) is 6.42. The molecule has 0 aliphatic rings. The lowest BCUT2D eigenvalue weighted by Crippen LogP contribution is -2.29. The quantitative estimate of drug-likeness (QED) is 0.865. The SMILES string of the molecule is O=C([O-])Nc1ccc(Cc2ccccc2NC(=O)[O-])cc1. The molecule has 2 rings (SSSR count). The standard InChI is InChI=1S/C15H14N2O4/c18-14(19)16-12-7-5-10(6-8-12)9-11-3-1-2-4-13(11)17-15(20)21/h1-8,16-17H,9H2,(H,18,19)(H,20,21)/p-2. The van der Waals surface area contributed by atoms with E-state index in [-0.39, 0.29) is 0 Å². The Morgan fingerprint density at radius 1 is 0.857 bits per heavy atom. The minimum Gasteiger partial charge on any atom is -0.530 e. The van der Waals surface area contributed by atoms with Crippen LogP contribution in [0, 0.1) is 0 Å². The third-order valence-electron chi connectivity index (χ3n) is 2.85. The van der Waals surface area contributed by atoms with Crippen LogP contribution in [-0.2, 0) is 6.42 Å². The molecule has 0 spiro atoms. The summed E-state index contributed by atoms with van der Waals surface area (Å²) < 4.78 is 0. The largest absolute Gasteiger partial charge is 0.530 e. The van der Waals surface area contributed by atoms with Gasteiger partial charge in [0.25, 0.3) is 0 Å². The second-order valence-electron chi connectivity index (χ2n) is 4.36. The maximum Gasteiger partial charge on any atom is 0.138 e. The van der Waals surface area contributed by atoms with E-state index in [9.17, 15) is 19.8 Å². The summed E-state index contributed by atoms with van der Waals surface area (Å²) in [5.74, 6) is 0. The molecular formula is C15H12N2O4-2. The van der Waals surface area contributed by atoms with Crippen LogP contribution in [0.2, 0.25) is 0 Å². The zero-order valence-electron chi connectivity index (χ0n) is 11.0. The van der Waals surface area contributed by atoms with Crippen LogP contribution in [0.25, 0.3) is 0 Å². The molecule has 0 saturated carbocycles. The number of rotatable bonds is 4. The third kappa shape index (κ3) is 4.24. The average Bonchev–Trinajstić information content (AvgIpc) is 2.42. The number of hydrogen-bond donors (Lipinski definition) is 2. The van der Waals surface area contributed by atoms with Crippen molar-refractivity contribution < 1.29 is 19.8 Å². The van der Waals surface area contributed by atoms with Crippen molar-refractivity contribution in [2.24, 2.45) is 0 Å². The van der Waals surface area contributed by atoms with Gasteiger partial charge in [0.05, 0.1) is 0 Å². The number of hydrogen-bond acceptors (Lipinski definition) is 4. The normalized spacial score (nSPS) is 9.90. The molecule has 0 fully saturated rings. The maximum atomic E-state index is 10.6. The van der Waals surface area contributed by atoms with E-state index in [0.29, 0.717) is 17.8 Å². The number of carbonyl (C=O) groups excluding carboxylic acids is 2. The number of carbonyl (C=O) groups is 2. The fourth-order valence-corrected chi connectivity index (χ4v) is 1.95. The van der Waals surface area contributed by atoms with E-state index in [2.05, 4.69) is 10.6 Å². The van der Waals surface area contributed by atoms with E-state index in [4.69, 9.17) is 0 Å². The van der Waals surface area contributed by atoms with E-state index in [1.54, 1.807) is 42.5 Å². The van der Waals surface area contributed by atoms with Crippen molar-refractivity contribution >= 4 is 23.6 Å². The summed E-state index contributed by atoms with van der Waals surface area (Å²) in [6, 6.07) is 13.7. The minimum absolute atomic E-state index is 0.417. The molecule has 21 heavy (non-hydrogen) atoms. The first-order chi connectivity index (χ1) is 10.0. The van der Waals surface area contributed by atoms with Gasteiger partial charge >= 0.3 is 0 Å². The van der Waals surface area contributed by atoms with Gasteiger partial charge in [-0.2, -0.15) is 0 Å². The Morgan fingerprint density at radius 2 is 1.48 bits per heavy atom. The Kier molecular flexibility index (Phi) is 4.40. The highest BCUT2D eigenvalue weighted by molar-refractivity contribution is 5.82. The van der Waals surface area contributed by atoms with Gasteiger partial charge in [0.15, 0.2) is 0 Å². The highest BCUT2D eigenvalue weighted by Gasteiger charge is 2.03. The van der Waals surface area contributed by atoms with Crippen LogP contribution >= 0.6 is 0 Å². The van der Waals surface area contributed by atoms with Crippen LogP contribution in [0.15, 0.2) is 48.5 Å². The topological polar surface area (TPSA) is 104 Å². The number of carboxylic acid groups (broad SMARTS) is 2. The number of nitrogens with one attached hydrogen (secondary N) is 2. The highest BCUT2D eigenvalue weighted by atomic mass is 16.4. The molecular weight excluding hydrogens is 272 g/mol. The molecule has 0 aromatic heterocycles. The third-order valence-corrected chi connectivity index (χ3v) is 2.85. The zero-order chi connectivity index (χ0) is 15.2. The molecule has 0 unspecified atom stereocenters. The number of para-hydroxylation sites is 1. The Balaban J connectivity index is 2.14. The van der Waals surface area contributed by atoms with Crippen molar-refractivity contribution in [2.45, 2.75) is 6.42 Å². The van der Waals surface area contributed by atoms with Gasteiger partial charge in [-0.05, 0) is 35.7 Å². The summed E-state index contributed by atoms with van der Waals surface area (Å²) >= 11 is 0. The van der Waals surface area contributed by atoms with E-state index in [1.165, 1.54) is 0 Å². The summed E-state index contributed by atoms with van der Waals surface area (Å²) in [4.78, 5) is 21.0. The molecule has 2 N–H and O–H groups in total. The van der Waals surface area contributed by atoms with Gasteiger partial charge in [-0.25, -0.2) is 0 Å². The molecule has 0 aliphatic heterocycles. The Bertz CT molecular complexity index is 653. The maximum absolute atomic E-state index is 10.6. The predicted molar refractivity (Wildman–Crippen MR) is 73.7 cm³/mol. The first-order valence-electron chi connectivity index (χ1n) is 6.17. The lowest BCUT2D eigenvalue weighted by molar-refractivity contribution is -0.243. The molecule has 0 heterocycles. The summed E-state index contributed by atoms with van der Waals surface area (Å²) in [6.07, 6.45) is -2.23. The van der Waals surface area contributed by atoms with E-state index >= 15 is 0 Å². The van der Waals surface area contributed by atoms with Crippen molar-refractivity contribution in [1.82, 2.24) is 0 Å². The van der Waals surface area contributed by atoms with Crippen LogP contribution in [-0.4, -0.2) is 12.2 Å². The molecule has 108 valence electrons. The molecule has 2 aromatic carbocycles. The lowest BCUT2D eigenvalue weighted by atomic mass is 10.0. The van der Waals surface area contributed by atoms with E-state index in [0.717, 1.165) is 11.1 Å². The van der Waals surface area contributed by atoms with Gasteiger partial charge in [0.2, 0.25) is 0 Å². The molecule has 0 saturated heterocycles. The van der Waals surface area contributed by atoms with Gasteiger partial charge in [-0.15, -0.1) is 0 Å². The van der Waals surface area contributed by atoms with Gasteiger partial charge in [0, 0.05) is 11.4 Å². The van der Waals surface area contributed by atoms with Crippen molar-refractivity contribution in [1.29, 1.82) is 0 Å². The van der Waals surface area contributed by atoms with Crippen LogP contribution in [0.1, 0.15) is 11.1 Å². The fourth-order valence-electron chi connectivity index (χ4n) is 1.95. The first kappa shape index (κ1) is 14.4. The number of anilines is 2. The first-order valence-corrected chi connectivity index (χ1v) is 6.17. The molecule has 0 radical (unpaired) electrons. The molecule has 2 amide bonds. The number of benzene rings is 2. The minimum atomic E-state index is -1.37. The zero-order valence-corrected chi connectivity index (χ0v) is 11.0. The molecule has 6 nitrogen and oxygen atoms in total. The fraction of sp³-hybridized carbons (Fsp3) is 0.0667. The van der Waals surface area contributed by atoms with Crippen LogP contribution in [0.5, 0.6) is 0 Å². The molecule has 0 bridgehead atoms. The summed E-state index contributed by atoms with van der Waals surface area (Å²) in [6.45, 7) is 0. The van der Waals surface area contributed by atoms with Gasteiger partial charge in [0.1, 0.15) is 12.2 Å². The Labute approximate surface area is 121 Å².